The highest BCUT2D eigenvalue weighted by Gasteiger charge is 2.22. The van der Waals surface area contributed by atoms with Crippen LogP contribution in [0.2, 0.25) is 0 Å². The van der Waals surface area contributed by atoms with Crippen molar-refractivity contribution in [2.45, 2.75) is 47.1 Å². The second kappa shape index (κ2) is 5.16. The Kier molecular flexibility index (Phi) is 4.81. The second-order valence-corrected chi connectivity index (χ2v) is 4.74. The Bertz CT molecular complexity index is 258. The minimum absolute atomic E-state index is 0.0671. The number of allylic oxidation sites excluding steroid dienone is 1. The minimum atomic E-state index is -0.546. The molecule has 4 nitrogen and oxygen atoms in total. The maximum absolute atomic E-state index is 11.6. The first-order valence-corrected chi connectivity index (χ1v) is 4.94. The third kappa shape index (κ3) is 4.83. The second-order valence-electron chi connectivity index (χ2n) is 4.74. The molecule has 0 aliphatic carbocycles. The van der Waals surface area contributed by atoms with Crippen molar-refractivity contribution >= 4 is 5.97 Å². The van der Waals surface area contributed by atoms with Gasteiger partial charge in [0.1, 0.15) is 5.60 Å². The molecule has 0 radical (unpaired) electrons. The Labute approximate surface area is 90.8 Å². The molecule has 0 aliphatic rings. The average molecular weight is 216 g/mol. The first-order chi connectivity index (χ1) is 6.69. The van der Waals surface area contributed by atoms with Gasteiger partial charge in [-0.25, -0.2) is 10.1 Å². The summed E-state index contributed by atoms with van der Waals surface area (Å²) in [4.78, 5) is 15.8. The number of hydrogen-bond donors (Lipinski definition) is 1. The van der Waals surface area contributed by atoms with Crippen molar-refractivity contribution in [2.24, 2.45) is 5.92 Å². The predicted molar refractivity (Wildman–Crippen MR) is 57.1 cm³/mol. The number of hydrogen-bond acceptors (Lipinski definition) is 4. The molecule has 0 saturated heterocycles. The van der Waals surface area contributed by atoms with Crippen LogP contribution < -0.4 is 0 Å². The van der Waals surface area contributed by atoms with Gasteiger partial charge in [-0.05, 0) is 27.7 Å². The van der Waals surface area contributed by atoms with E-state index >= 15 is 0 Å². The molecular formula is C11H20O4. The lowest BCUT2D eigenvalue weighted by atomic mass is 10.1. The molecule has 0 atom stereocenters. The van der Waals surface area contributed by atoms with E-state index in [1.165, 1.54) is 0 Å². The van der Waals surface area contributed by atoms with E-state index in [0.29, 0.717) is 5.57 Å². The van der Waals surface area contributed by atoms with Gasteiger partial charge in [0.05, 0.1) is 5.57 Å². The third-order valence-electron chi connectivity index (χ3n) is 1.70. The first kappa shape index (κ1) is 14.0. The summed E-state index contributed by atoms with van der Waals surface area (Å²) in [6.07, 6.45) is 0. The van der Waals surface area contributed by atoms with Crippen LogP contribution in [-0.4, -0.2) is 16.8 Å². The standard InChI is InChI=1S/C11H20O4/c1-7(2)9(15-13)8(3)10(12)14-11(4,5)6/h7,13H,1-6H3. The van der Waals surface area contributed by atoms with Crippen molar-refractivity contribution < 1.29 is 19.7 Å². The van der Waals surface area contributed by atoms with Gasteiger partial charge in [-0.2, -0.15) is 0 Å². The normalized spacial score (nSPS) is 13.6. The van der Waals surface area contributed by atoms with Crippen molar-refractivity contribution in [1.82, 2.24) is 0 Å². The SMILES string of the molecule is CC(C(=O)OC(C)(C)C)=C(OO)C(C)C. The van der Waals surface area contributed by atoms with E-state index in [0.717, 1.165) is 0 Å². The number of rotatable bonds is 3. The Hall–Kier alpha value is -1.03. The van der Waals surface area contributed by atoms with E-state index < -0.39 is 11.6 Å². The fraction of sp³-hybridized carbons (Fsp3) is 0.727. The molecule has 0 saturated carbocycles. The summed E-state index contributed by atoms with van der Waals surface area (Å²) in [5.41, 5.74) is -0.252. The molecule has 0 aliphatic heterocycles. The maximum atomic E-state index is 11.6. The van der Waals surface area contributed by atoms with E-state index in [4.69, 9.17) is 9.99 Å². The Morgan fingerprint density at radius 3 is 2.00 bits per heavy atom. The van der Waals surface area contributed by atoms with E-state index in [1.807, 2.05) is 13.8 Å². The molecule has 0 amide bonds. The van der Waals surface area contributed by atoms with Crippen LogP contribution in [0, 0.1) is 5.92 Å². The van der Waals surface area contributed by atoms with Crippen LogP contribution in [0.15, 0.2) is 11.3 Å². The summed E-state index contributed by atoms with van der Waals surface area (Å²) in [6.45, 7) is 10.6. The zero-order valence-corrected chi connectivity index (χ0v) is 10.2. The molecule has 0 spiro atoms. The average Bonchev–Trinajstić information content (AvgIpc) is 2.01. The number of ether oxygens (including phenoxy) is 1. The van der Waals surface area contributed by atoms with Gasteiger partial charge in [0.15, 0.2) is 5.76 Å². The topological polar surface area (TPSA) is 55.8 Å². The van der Waals surface area contributed by atoms with Gasteiger partial charge < -0.3 is 9.62 Å². The maximum Gasteiger partial charge on any atom is 0.337 e. The lowest BCUT2D eigenvalue weighted by Crippen LogP contribution is -2.25. The lowest BCUT2D eigenvalue weighted by molar-refractivity contribution is -0.212. The van der Waals surface area contributed by atoms with Crippen LogP contribution in [0.3, 0.4) is 0 Å². The molecule has 0 aromatic heterocycles. The number of carbonyl (C=O) groups is 1. The number of carbonyl (C=O) groups excluding carboxylic acids is 1. The van der Waals surface area contributed by atoms with Gasteiger partial charge in [-0.1, -0.05) is 13.8 Å². The molecule has 0 unspecified atom stereocenters. The highest BCUT2D eigenvalue weighted by molar-refractivity contribution is 5.88. The van der Waals surface area contributed by atoms with Crippen molar-refractivity contribution in [3.05, 3.63) is 11.3 Å². The van der Waals surface area contributed by atoms with Crippen molar-refractivity contribution in [3.8, 4) is 0 Å². The number of esters is 1. The smallest absolute Gasteiger partial charge is 0.337 e. The van der Waals surface area contributed by atoms with E-state index in [2.05, 4.69) is 4.89 Å². The van der Waals surface area contributed by atoms with E-state index in [-0.39, 0.29) is 11.7 Å². The Morgan fingerprint density at radius 2 is 1.73 bits per heavy atom. The molecule has 4 heteroatoms. The molecule has 0 heterocycles. The summed E-state index contributed by atoms with van der Waals surface area (Å²) in [6, 6.07) is 0. The molecule has 0 bridgehead atoms. The lowest BCUT2D eigenvalue weighted by Gasteiger charge is -2.20. The van der Waals surface area contributed by atoms with Crippen LogP contribution in [0.5, 0.6) is 0 Å². The zero-order valence-electron chi connectivity index (χ0n) is 10.2. The summed E-state index contributed by atoms with van der Waals surface area (Å²) in [7, 11) is 0. The van der Waals surface area contributed by atoms with Crippen molar-refractivity contribution in [1.29, 1.82) is 0 Å². The first-order valence-electron chi connectivity index (χ1n) is 4.94. The fourth-order valence-electron chi connectivity index (χ4n) is 1.06. The summed E-state index contributed by atoms with van der Waals surface area (Å²) in [5.74, 6) is -0.299. The zero-order chi connectivity index (χ0) is 12.2. The van der Waals surface area contributed by atoms with Gasteiger partial charge >= 0.3 is 5.97 Å². The predicted octanol–water partition coefficient (Wildman–Crippen LogP) is 2.75. The van der Waals surface area contributed by atoms with Gasteiger partial charge in [0, 0.05) is 5.92 Å². The van der Waals surface area contributed by atoms with Gasteiger partial charge in [-0.15, -0.1) is 0 Å². The van der Waals surface area contributed by atoms with Crippen LogP contribution in [-0.2, 0) is 14.4 Å². The molecule has 88 valence electrons. The quantitative estimate of drug-likeness (QED) is 0.259. The van der Waals surface area contributed by atoms with Gasteiger partial charge in [0.2, 0.25) is 0 Å². The van der Waals surface area contributed by atoms with Crippen LogP contribution in [0.4, 0.5) is 0 Å². The largest absolute Gasteiger partial charge is 0.457 e. The summed E-state index contributed by atoms with van der Waals surface area (Å²) >= 11 is 0. The molecule has 0 aromatic rings. The fourth-order valence-corrected chi connectivity index (χ4v) is 1.06. The van der Waals surface area contributed by atoms with Gasteiger partial charge in [-0.3, -0.25) is 0 Å². The van der Waals surface area contributed by atoms with E-state index in [1.54, 1.807) is 27.7 Å². The van der Waals surface area contributed by atoms with Crippen molar-refractivity contribution in [2.75, 3.05) is 0 Å². The highest BCUT2D eigenvalue weighted by Crippen LogP contribution is 2.18. The van der Waals surface area contributed by atoms with Crippen LogP contribution in [0.25, 0.3) is 0 Å². The molecule has 0 fully saturated rings. The van der Waals surface area contributed by atoms with Crippen LogP contribution in [0.1, 0.15) is 41.5 Å². The third-order valence-corrected chi connectivity index (χ3v) is 1.70. The summed E-state index contributed by atoms with van der Waals surface area (Å²) < 4.78 is 5.14. The molecule has 0 aromatic carbocycles. The highest BCUT2D eigenvalue weighted by atomic mass is 17.1. The monoisotopic (exact) mass is 216 g/mol. The van der Waals surface area contributed by atoms with Gasteiger partial charge in [0.25, 0.3) is 0 Å². The van der Waals surface area contributed by atoms with Crippen LogP contribution >= 0.6 is 0 Å². The molecule has 1 N–H and O–H groups in total. The van der Waals surface area contributed by atoms with E-state index in [9.17, 15) is 4.79 Å². The van der Waals surface area contributed by atoms with Crippen molar-refractivity contribution in [3.63, 3.8) is 0 Å². The molecule has 0 rings (SSSR count). The Morgan fingerprint density at radius 1 is 1.27 bits per heavy atom. The minimum Gasteiger partial charge on any atom is -0.457 e. The molecule has 15 heavy (non-hydrogen) atoms. The summed E-state index contributed by atoms with van der Waals surface area (Å²) in [5, 5.41) is 8.65. The Balaban J connectivity index is 4.82. The molecular weight excluding hydrogens is 196 g/mol.